The van der Waals surface area contributed by atoms with Crippen molar-refractivity contribution >= 4 is 17.5 Å². The lowest BCUT2D eigenvalue weighted by Gasteiger charge is -2.21. The van der Waals surface area contributed by atoms with E-state index in [1.165, 1.54) is 12.1 Å². The molecule has 1 amide bonds. The van der Waals surface area contributed by atoms with Gasteiger partial charge in [0.2, 0.25) is 0 Å². The molecule has 3 rings (SSSR count). The van der Waals surface area contributed by atoms with E-state index in [1.54, 1.807) is 36.4 Å². The maximum atomic E-state index is 13.1. The van der Waals surface area contributed by atoms with Crippen LogP contribution in [-0.4, -0.2) is 27.6 Å². The summed E-state index contributed by atoms with van der Waals surface area (Å²) < 4.78 is 53.2. The van der Waals surface area contributed by atoms with Crippen LogP contribution in [0.4, 0.5) is 17.6 Å². The summed E-state index contributed by atoms with van der Waals surface area (Å²) in [5.74, 6) is -1.07. The van der Waals surface area contributed by atoms with E-state index in [-0.39, 0.29) is 18.1 Å². The Bertz CT molecular complexity index is 903. The minimum absolute atomic E-state index is 0.168. The van der Waals surface area contributed by atoms with Crippen LogP contribution in [0.5, 0.6) is 0 Å². The average molecular weight is 414 g/mol. The third kappa shape index (κ3) is 4.62. The van der Waals surface area contributed by atoms with Crippen molar-refractivity contribution in [1.29, 1.82) is 0 Å². The second-order valence-electron chi connectivity index (χ2n) is 6.19. The zero-order valence-electron chi connectivity index (χ0n) is 14.5. The van der Waals surface area contributed by atoms with Crippen LogP contribution in [0.25, 0.3) is 0 Å². The molecule has 0 spiro atoms. The third-order valence-electron chi connectivity index (χ3n) is 4.19. The monoisotopic (exact) mass is 413 g/mol. The van der Waals surface area contributed by atoms with Crippen molar-refractivity contribution in [3.63, 3.8) is 0 Å². The first kappa shape index (κ1) is 20.1. The average Bonchev–Trinajstić information content (AvgIpc) is 3.09. The number of amides is 1. The quantitative estimate of drug-likeness (QED) is 0.587. The zero-order chi connectivity index (χ0) is 20.3. The first-order valence-corrected chi connectivity index (χ1v) is 8.88. The van der Waals surface area contributed by atoms with Gasteiger partial charge in [-0.1, -0.05) is 36.4 Å². The Morgan fingerprint density at radius 2 is 1.86 bits per heavy atom. The van der Waals surface area contributed by atoms with Gasteiger partial charge in [-0.05, 0) is 24.1 Å². The highest BCUT2D eigenvalue weighted by Crippen LogP contribution is 2.32. The van der Waals surface area contributed by atoms with E-state index < -0.39 is 29.2 Å². The Labute approximate surface area is 163 Å². The van der Waals surface area contributed by atoms with Crippen molar-refractivity contribution < 1.29 is 22.4 Å². The Morgan fingerprint density at radius 3 is 2.50 bits per heavy atom. The van der Waals surface area contributed by atoms with Gasteiger partial charge in [-0.15, -0.1) is 11.6 Å². The van der Waals surface area contributed by atoms with Gasteiger partial charge in [0.05, 0.1) is 11.4 Å². The number of halogens is 5. The van der Waals surface area contributed by atoms with E-state index in [4.69, 9.17) is 11.6 Å². The molecular weight excluding hydrogens is 398 g/mol. The van der Waals surface area contributed by atoms with Crippen molar-refractivity contribution in [3.8, 4) is 0 Å². The second-order valence-corrected chi connectivity index (χ2v) is 6.70. The summed E-state index contributed by atoms with van der Waals surface area (Å²) in [4.78, 5) is 12.5. The highest BCUT2D eigenvalue weighted by molar-refractivity contribution is 6.22. The van der Waals surface area contributed by atoms with Crippen LogP contribution in [0.3, 0.4) is 0 Å². The van der Waals surface area contributed by atoms with Gasteiger partial charge in [-0.2, -0.15) is 18.3 Å². The Balaban J connectivity index is 1.77. The highest BCUT2D eigenvalue weighted by atomic mass is 35.5. The molecule has 1 aliphatic rings. The lowest BCUT2D eigenvalue weighted by Crippen LogP contribution is -2.30. The van der Waals surface area contributed by atoms with E-state index >= 15 is 0 Å². The number of rotatable bonds is 5. The molecule has 2 unspecified atom stereocenters. The smallest absolute Gasteiger partial charge is 0.350 e. The number of allylic oxidation sites excluding steroid dienone is 4. The van der Waals surface area contributed by atoms with Gasteiger partial charge >= 0.3 is 6.18 Å². The van der Waals surface area contributed by atoms with Crippen LogP contribution in [0.2, 0.25) is 0 Å². The molecule has 0 saturated heterocycles. The lowest BCUT2D eigenvalue weighted by atomic mass is 10.1. The molecule has 9 heteroatoms. The molecule has 0 saturated carbocycles. The molecule has 0 radical (unpaired) electrons. The number of nitrogens with zero attached hydrogens (tertiary/aromatic N) is 2. The molecule has 2 atom stereocenters. The zero-order valence-corrected chi connectivity index (χ0v) is 15.2. The fourth-order valence-corrected chi connectivity index (χ4v) is 3.05. The van der Waals surface area contributed by atoms with E-state index in [9.17, 15) is 22.4 Å². The van der Waals surface area contributed by atoms with Crippen LogP contribution in [-0.2, 0) is 12.6 Å². The summed E-state index contributed by atoms with van der Waals surface area (Å²) in [6.07, 6.45) is 2.21. The molecule has 1 aliphatic carbocycles. The largest absolute Gasteiger partial charge is 0.435 e. The Hall–Kier alpha value is -2.61. The van der Waals surface area contributed by atoms with Gasteiger partial charge in [0.15, 0.2) is 5.69 Å². The van der Waals surface area contributed by atoms with Crippen molar-refractivity contribution in [2.24, 2.45) is 0 Å². The summed E-state index contributed by atoms with van der Waals surface area (Å²) in [6, 6.07) is 5.73. The molecule has 1 aromatic heterocycles. The molecule has 0 bridgehead atoms. The molecule has 28 heavy (non-hydrogen) atoms. The van der Waals surface area contributed by atoms with Crippen molar-refractivity contribution in [1.82, 2.24) is 15.1 Å². The molecule has 1 aromatic carbocycles. The standard InChI is InChI=1S/C19H16ClF4N3O/c20-14-3-1-2-4-15(14)27-16(11-17(26-27)19(22,23)24)18(28)25-10-9-12-5-7-13(21)8-6-12/h1-8,11,14-15H,9-10H2,(H,25,28). The predicted octanol–water partition coefficient (Wildman–Crippen LogP) is 4.29. The van der Waals surface area contributed by atoms with E-state index in [0.717, 1.165) is 10.2 Å². The predicted molar refractivity (Wildman–Crippen MR) is 96.6 cm³/mol. The third-order valence-corrected chi connectivity index (χ3v) is 4.60. The van der Waals surface area contributed by atoms with Crippen LogP contribution in [0.1, 0.15) is 27.8 Å². The SMILES string of the molecule is O=C(NCCc1ccc(F)cc1)c1cc(C(F)(F)F)nn1C1C=CC=CC1Cl. The Morgan fingerprint density at radius 1 is 1.18 bits per heavy atom. The lowest BCUT2D eigenvalue weighted by molar-refractivity contribution is -0.141. The molecular formula is C19H16ClF4N3O. The number of hydrogen-bond acceptors (Lipinski definition) is 2. The van der Waals surface area contributed by atoms with Crippen LogP contribution in [0, 0.1) is 5.82 Å². The van der Waals surface area contributed by atoms with Crippen molar-refractivity contribution in [2.45, 2.75) is 24.0 Å². The molecule has 0 fully saturated rings. The van der Waals surface area contributed by atoms with Crippen LogP contribution >= 0.6 is 11.6 Å². The second kappa shape index (κ2) is 8.18. The van der Waals surface area contributed by atoms with Gasteiger partial charge in [-0.25, -0.2) is 4.39 Å². The Kier molecular flexibility index (Phi) is 5.88. The normalized spacial score (nSPS) is 19.0. The molecule has 0 aliphatic heterocycles. The summed E-state index contributed by atoms with van der Waals surface area (Å²) in [6.45, 7) is 0.168. The van der Waals surface area contributed by atoms with Gasteiger partial charge < -0.3 is 5.32 Å². The number of benzene rings is 1. The van der Waals surface area contributed by atoms with E-state index in [1.807, 2.05) is 0 Å². The first-order chi connectivity index (χ1) is 13.3. The van der Waals surface area contributed by atoms with Crippen molar-refractivity contribution in [2.75, 3.05) is 6.54 Å². The number of aromatic nitrogens is 2. The minimum atomic E-state index is -4.69. The highest BCUT2D eigenvalue weighted by Gasteiger charge is 2.37. The number of nitrogens with one attached hydrogen (secondary N) is 1. The van der Waals surface area contributed by atoms with Gasteiger partial charge in [0, 0.05) is 12.6 Å². The summed E-state index contributed by atoms with van der Waals surface area (Å²) >= 11 is 6.17. The van der Waals surface area contributed by atoms with Crippen LogP contribution in [0.15, 0.2) is 54.6 Å². The van der Waals surface area contributed by atoms with Crippen molar-refractivity contribution in [3.05, 3.63) is 77.4 Å². The van der Waals surface area contributed by atoms with Gasteiger partial charge in [-0.3, -0.25) is 9.48 Å². The number of hydrogen-bond donors (Lipinski definition) is 1. The first-order valence-electron chi connectivity index (χ1n) is 8.44. The molecule has 148 valence electrons. The maximum absolute atomic E-state index is 13.1. The molecule has 1 heterocycles. The molecule has 1 N–H and O–H groups in total. The molecule has 2 aromatic rings. The number of carbonyl (C=O) groups is 1. The van der Waals surface area contributed by atoms with Crippen LogP contribution < -0.4 is 5.32 Å². The topological polar surface area (TPSA) is 46.9 Å². The van der Waals surface area contributed by atoms with E-state index in [2.05, 4.69) is 10.4 Å². The summed E-state index contributed by atoms with van der Waals surface area (Å²) in [5, 5.41) is 5.51. The maximum Gasteiger partial charge on any atom is 0.435 e. The molecule has 4 nitrogen and oxygen atoms in total. The van der Waals surface area contributed by atoms with E-state index in [0.29, 0.717) is 12.5 Å². The fraction of sp³-hybridized carbons (Fsp3) is 0.263. The fourth-order valence-electron chi connectivity index (χ4n) is 2.78. The van der Waals surface area contributed by atoms with Gasteiger partial charge in [0.1, 0.15) is 11.5 Å². The summed E-state index contributed by atoms with van der Waals surface area (Å²) in [5.41, 5.74) is -0.614. The number of alkyl halides is 4. The number of carbonyl (C=O) groups excluding carboxylic acids is 1. The minimum Gasteiger partial charge on any atom is -0.350 e. The summed E-state index contributed by atoms with van der Waals surface area (Å²) in [7, 11) is 0. The van der Waals surface area contributed by atoms with Gasteiger partial charge in [0.25, 0.3) is 5.91 Å².